The van der Waals surface area contributed by atoms with E-state index in [0.29, 0.717) is 25.9 Å². The van der Waals surface area contributed by atoms with Gasteiger partial charge in [-0.1, -0.05) is 0 Å². The van der Waals surface area contributed by atoms with E-state index < -0.39 is 5.97 Å². The minimum Gasteiger partial charge on any atom is -0.480 e. The second-order valence-corrected chi connectivity index (χ2v) is 4.37. The average Bonchev–Trinajstić information content (AvgIpc) is 2.27. The highest BCUT2D eigenvalue weighted by Crippen LogP contribution is 2.19. The summed E-state index contributed by atoms with van der Waals surface area (Å²) in [4.78, 5) is 36.4. The predicted octanol–water partition coefficient (Wildman–Crippen LogP) is -0.212. The molecule has 96 valence electrons. The first-order valence-corrected chi connectivity index (χ1v) is 5.64. The highest BCUT2D eigenvalue weighted by molar-refractivity contribution is 5.83. The molecule has 6 nitrogen and oxygen atoms in total. The number of likely N-dealkylation sites (N-methyl/N-ethyl adjacent to an activating group) is 1. The lowest BCUT2D eigenvalue weighted by Gasteiger charge is -2.32. The second kappa shape index (κ2) is 5.65. The number of hydrogen-bond donors (Lipinski definition) is 1. The second-order valence-electron chi connectivity index (χ2n) is 4.37. The fourth-order valence-electron chi connectivity index (χ4n) is 2.03. The molecule has 2 amide bonds. The van der Waals surface area contributed by atoms with Gasteiger partial charge in [0.2, 0.25) is 11.8 Å². The molecule has 1 aliphatic rings. The van der Waals surface area contributed by atoms with Crippen LogP contribution in [0.25, 0.3) is 0 Å². The van der Waals surface area contributed by atoms with Crippen LogP contribution in [0.1, 0.15) is 19.8 Å². The van der Waals surface area contributed by atoms with Gasteiger partial charge in [0, 0.05) is 33.0 Å². The van der Waals surface area contributed by atoms with Crippen molar-refractivity contribution in [3.63, 3.8) is 0 Å². The molecule has 1 N–H and O–H groups in total. The van der Waals surface area contributed by atoms with Gasteiger partial charge in [-0.15, -0.1) is 0 Å². The molecule has 0 atom stereocenters. The maximum absolute atomic E-state index is 11.9. The van der Waals surface area contributed by atoms with Crippen molar-refractivity contribution in [1.29, 1.82) is 0 Å². The first-order valence-electron chi connectivity index (χ1n) is 5.64. The third-order valence-corrected chi connectivity index (χ3v) is 3.04. The van der Waals surface area contributed by atoms with Crippen LogP contribution >= 0.6 is 0 Å². The third kappa shape index (κ3) is 3.72. The fraction of sp³-hybridized carbons (Fsp3) is 0.727. The Kier molecular flexibility index (Phi) is 4.48. The quantitative estimate of drug-likeness (QED) is 0.742. The zero-order valence-electron chi connectivity index (χ0n) is 10.2. The molecule has 1 saturated heterocycles. The summed E-state index contributed by atoms with van der Waals surface area (Å²) in [6.45, 7) is 2.39. The van der Waals surface area contributed by atoms with Gasteiger partial charge in [-0.05, 0) is 12.8 Å². The molecule has 0 unspecified atom stereocenters. The molecule has 6 heteroatoms. The minimum atomic E-state index is -1.01. The standard InChI is InChI=1S/C11H18N2O4/c1-8(14)13-5-3-9(4-6-13)11(17)12(2)7-10(15)16/h9H,3-7H2,1-2H3,(H,15,16). The summed E-state index contributed by atoms with van der Waals surface area (Å²) in [6.07, 6.45) is 1.23. The Bertz CT molecular complexity index is 321. The summed E-state index contributed by atoms with van der Waals surface area (Å²) >= 11 is 0. The van der Waals surface area contributed by atoms with E-state index in [9.17, 15) is 14.4 Å². The van der Waals surface area contributed by atoms with Crippen molar-refractivity contribution in [1.82, 2.24) is 9.80 Å². The number of piperidine rings is 1. The summed E-state index contributed by atoms with van der Waals surface area (Å²) < 4.78 is 0. The van der Waals surface area contributed by atoms with E-state index in [1.165, 1.54) is 18.9 Å². The van der Waals surface area contributed by atoms with Gasteiger partial charge in [0.25, 0.3) is 0 Å². The maximum atomic E-state index is 11.9. The Morgan fingerprint density at radius 1 is 1.29 bits per heavy atom. The highest BCUT2D eigenvalue weighted by atomic mass is 16.4. The SMILES string of the molecule is CC(=O)N1CCC(C(=O)N(C)CC(=O)O)CC1. The molecule has 0 aromatic rings. The lowest BCUT2D eigenvalue weighted by atomic mass is 9.95. The molecule has 1 heterocycles. The summed E-state index contributed by atoms with van der Waals surface area (Å²) in [5.74, 6) is -1.29. The van der Waals surface area contributed by atoms with Crippen LogP contribution in [0.2, 0.25) is 0 Å². The number of carboxylic acids is 1. The van der Waals surface area contributed by atoms with E-state index in [1.54, 1.807) is 4.90 Å². The van der Waals surface area contributed by atoms with Crippen molar-refractivity contribution in [2.24, 2.45) is 5.92 Å². The molecule has 1 rings (SSSR count). The highest BCUT2D eigenvalue weighted by Gasteiger charge is 2.28. The smallest absolute Gasteiger partial charge is 0.323 e. The molecular weight excluding hydrogens is 224 g/mol. The van der Waals surface area contributed by atoms with Crippen LogP contribution in [-0.4, -0.2) is 59.4 Å². The van der Waals surface area contributed by atoms with E-state index in [1.807, 2.05) is 0 Å². The number of likely N-dealkylation sites (tertiary alicyclic amines) is 1. The van der Waals surface area contributed by atoms with Gasteiger partial charge in [0.05, 0.1) is 0 Å². The van der Waals surface area contributed by atoms with Gasteiger partial charge in [-0.25, -0.2) is 0 Å². The Morgan fingerprint density at radius 3 is 2.24 bits per heavy atom. The Labute approximate surface area is 100 Å². The molecule has 0 spiro atoms. The van der Waals surface area contributed by atoms with Crippen molar-refractivity contribution in [2.45, 2.75) is 19.8 Å². The van der Waals surface area contributed by atoms with Crippen molar-refractivity contribution in [3.8, 4) is 0 Å². The summed E-state index contributed by atoms with van der Waals surface area (Å²) in [5.41, 5.74) is 0. The van der Waals surface area contributed by atoms with E-state index in [-0.39, 0.29) is 24.3 Å². The van der Waals surface area contributed by atoms with Crippen LogP contribution < -0.4 is 0 Å². The third-order valence-electron chi connectivity index (χ3n) is 3.04. The van der Waals surface area contributed by atoms with Crippen LogP contribution in [0.3, 0.4) is 0 Å². The van der Waals surface area contributed by atoms with E-state index in [4.69, 9.17) is 5.11 Å². The molecule has 0 radical (unpaired) electrons. The van der Waals surface area contributed by atoms with E-state index >= 15 is 0 Å². The van der Waals surface area contributed by atoms with Gasteiger partial charge < -0.3 is 14.9 Å². The lowest BCUT2D eigenvalue weighted by molar-refractivity contribution is -0.146. The number of amides is 2. The average molecular weight is 242 g/mol. The molecule has 17 heavy (non-hydrogen) atoms. The molecule has 0 aromatic carbocycles. The van der Waals surface area contributed by atoms with Gasteiger partial charge in [0.1, 0.15) is 6.54 Å². The Morgan fingerprint density at radius 2 is 1.82 bits per heavy atom. The summed E-state index contributed by atoms with van der Waals surface area (Å²) in [7, 11) is 1.49. The van der Waals surface area contributed by atoms with E-state index in [0.717, 1.165) is 0 Å². The van der Waals surface area contributed by atoms with Crippen LogP contribution in [-0.2, 0) is 14.4 Å². The van der Waals surface area contributed by atoms with Crippen LogP contribution in [0.5, 0.6) is 0 Å². The topological polar surface area (TPSA) is 77.9 Å². The molecule has 0 bridgehead atoms. The Hall–Kier alpha value is -1.59. The first-order chi connectivity index (χ1) is 7.91. The monoisotopic (exact) mass is 242 g/mol. The van der Waals surface area contributed by atoms with Crippen LogP contribution in [0.4, 0.5) is 0 Å². The minimum absolute atomic E-state index is 0.0230. The van der Waals surface area contributed by atoms with E-state index in [2.05, 4.69) is 0 Å². The zero-order chi connectivity index (χ0) is 13.0. The number of aliphatic carboxylic acids is 1. The first kappa shape index (κ1) is 13.5. The number of hydrogen-bond acceptors (Lipinski definition) is 3. The van der Waals surface area contributed by atoms with Crippen LogP contribution in [0, 0.1) is 5.92 Å². The lowest BCUT2D eigenvalue weighted by Crippen LogP contribution is -2.43. The number of carbonyl (C=O) groups excluding carboxylic acids is 2. The summed E-state index contributed by atoms with van der Waals surface area (Å²) in [5, 5.41) is 8.60. The van der Waals surface area contributed by atoms with Gasteiger partial charge in [0.15, 0.2) is 0 Å². The van der Waals surface area contributed by atoms with Gasteiger partial charge >= 0.3 is 5.97 Å². The number of rotatable bonds is 3. The summed E-state index contributed by atoms with van der Waals surface area (Å²) in [6, 6.07) is 0. The predicted molar refractivity (Wildman–Crippen MR) is 60.3 cm³/mol. The molecule has 0 saturated carbocycles. The van der Waals surface area contributed by atoms with Crippen LogP contribution in [0.15, 0.2) is 0 Å². The van der Waals surface area contributed by atoms with Gasteiger partial charge in [-0.2, -0.15) is 0 Å². The molecular formula is C11H18N2O4. The van der Waals surface area contributed by atoms with Crippen molar-refractivity contribution in [2.75, 3.05) is 26.7 Å². The largest absolute Gasteiger partial charge is 0.480 e. The molecule has 0 aliphatic carbocycles. The molecule has 0 aromatic heterocycles. The number of nitrogens with zero attached hydrogens (tertiary/aromatic N) is 2. The van der Waals surface area contributed by atoms with Crippen molar-refractivity contribution >= 4 is 17.8 Å². The number of carboxylic acid groups (broad SMARTS) is 1. The Balaban J connectivity index is 2.45. The van der Waals surface area contributed by atoms with Gasteiger partial charge in [-0.3, -0.25) is 14.4 Å². The van der Waals surface area contributed by atoms with Crippen molar-refractivity contribution in [3.05, 3.63) is 0 Å². The maximum Gasteiger partial charge on any atom is 0.323 e. The van der Waals surface area contributed by atoms with Crippen molar-refractivity contribution < 1.29 is 19.5 Å². The zero-order valence-corrected chi connectivity index (χ0v) is 10.2. The molecule has 1 fully saturated rings. The fourth-order valence-corrected chi connectivity index (χ4v) is 2.03. The normalized spacial score (nSPS) is 16.7. The molecule has 1 aliphatic heterocycles. The number of carbonyl (C=O) groups is 3.